The summed E-state index contributed by atoms with van der Waals surface area (Å²) in [5, 5.41) is 25.6. The Kier molecular flexibility index (Phi) is 6.63. The number of imidazole rings is 1. The van der Waals surface area contributed by atoms with Crippen molar-refractivity contribution in [3.8, 4) is 11.3 Å². The molecule has 0 aliphatic rings. The fourth-order valence-corrected chi connectivity index (χ4v) is 3.48. The third-order valence-electron chi connectivity index (χ3n) is 5.20. The van der Waals surface area contributed by atoms with Gasteiger partial charge in [0.05, 0.1) is 17.7 Å². The van der Waals surface area contributed by atoms with Crippen LogP contribution in [0.4, 0.5) is 11.5 Å². The third-order valence-corrected chi connectivity index (χ3v) is 5.20. The predicted molar refractivity (Wildman–Crippen MR) is 126 cm³/mol. The van der Waals surface area contributed by atoms with Gasteiger partial charge >= 0.3 is 0 Å². The van der Waals surface area contributed by atoms with Crippen LogP contribution in [0.5, 0.6) is 0 Å². The van der Waals surface area contributed by atoms with E-state index in [1.807, 2.05) is 28.8 Å². The number of nitrogens with zero attached hydrogens (tertiary/aromatic N) is 4. The first-order chi connectivity index (χ1) is 15.5. The molecule has 0 saturated heterocycles. The standard InChI is InChI=1S/C24H28N6O2/c1-16(2)30-15-27-23-20(13-21(29-24(23)30)28-22(32)10-12-31)26-14-17-6-8-18(9-7-17)19-5-3-4-11-25-19/h3-9,11,13,15-16,22,31-32H,10,12,14H2,1-2H3,(H2,26,28,29). The molecule has 0 saturated carbocycles. The first-order valence-electron chi connectivity index (χ1n) is 10.7. The van der Waals surface area contributed by atoms with Crippen molar-refractivity contribution in [3.05, 3.63) is 66.6 Å². The Morgan fingerprint density at radius 3 is 2.56 bits per heavy atom. The molecule has 0 aliphatic heterocycles. The maximum Gasteiger partial charge on any atom is 0.164 e. The molecule has 0 bridgehead atoms. The lowest BCUT2D eigenvalue weighted by atomic mass is 10.1. The average molecular weight is 433 g/mol. The second kappa shape index (κ2) is 9.76. The average Bonchev–Trinajstić information content (AvgIpc) is 3.23. The lowest BCUT2D eigenvalue weighted by Gasteiger charge is -2.16. The van der Waals surface area contributed by atoms with E-state index < -0.39 is 6.23 Å². The maximum atomic E-state index is 10.1. The van der Waals surface area contributed by atoms with Gasteiger partial charge in [-0.2, -0.15) is 0 Å². The van der Waals surface area contributed by atoms with Gasteiger partial charge in [-0.05, 0) is 31.5 Å². The zero-order valence-corrected chi connectivity index (χ0v) is 18.2. The number of rotatable bonds is 9. The van der Waals surface area contributed by atoms with E-state index in [1.165, 1.54) is 0 Å². The van der Waals surface area contributed by atoms with Crippen LogP contribution in [0.15, 0.2) is 61.1 Å². The molecule has 0 aliphatic carbocycles. The van der Waals surface area contributed by atoms with E-state index in [1.54, 1.807) is 12.5 Å². The Morgan fingerprint density at radius 2 is 1.88 bits per heavy atom. The SMILES string of the molecule is CC(C)n1cnc2c(NCc3ccc(-c4ccccn4)cc3)cc(NC(O)CCO)nc21. The van der Waals surface area contributed by atoms with Crippen molar-refractivity contribution in [1.29, 1.82) is 0 Å². The number of fused-ring (bicyclic) bond motifs is 1. The smallest absolute Gasteiger partial charge is 0.164 e. The van der Waals surface area contributed by atoms with Crippen LogP contribution < -0.4 is 10.6 Å². The topological polar surface area (TPSA) is 108 Å². The molecule has 0 spiro atoms. The molecular weight excluding hydrogens is 404 g/mol. The Morgan fingerprint density at radius 1 is 1.06 bits per heavy atom. The number of hydrogen-bond acceptors (Lipinski definition) is 7. The Balaban J connectivity index is 1.57. The molecule has 3 aromatic heterocycles. The molecule has 4 aromatic rings. The monoisotopic (exact) mass is 432 g/mol. The highest BCUT2D eigenvalue weighted by Gasteiger charge is 2.15. The minimum Gasteiger partial charge on any atom is -0.396 e. The first-order valence-corrected chi connectivity index (χ1v) is 10.7. The lowest BCUT2D eigenvalue weighted by molar-refractivity contribution is 0.155. The van der Waals surface area contributed by atoms with Gasteiger partial charge < -0.3 is 25.4 Å². The molecule has 8 heteroatoms. The second-order valence-electron chi connectivity index (χ2n) is 7.91. The minimum atomic E-state index is -0.882. The van der Waals surface area contributed by atoms with Crippen molar-refractivity contribution in [2.45, 2.75) is 39.1 Å². The number of hydrogen-bond donors (Lipinski definition) is 4. The molecule has 32 heavy (non-hydrogen) atoms. The summed E-state index contributed by atoms with van der Waals surface area (Å²) in [5.74, 6) is 0.522. The van der Waals surface area contributed by atoms with Gasteiger partial charge in [0.1, 0.15) is 17.6 Å². The molecule has 1 atom stereocenters. The maximum absolute atomic E-state index is 10.1. The summed E-state index contributed by atoms with van der Waals surface area (Å²) in [7, 11) is 0. The van der Waals surface area contributed by atoms with Crippen LogP contribution in [0.25, 0.3) is 22.4 Å². The molecule has 4 rings (SSSR count). The lowest BCUT2D eigenvalue weighted by Crippen LogP contribution is -2.21. The van der Waals surface area contributed by atoms with Gasteiger partial charge in [0.25, 0.3) is 0 Å². The molecule has 1 unspecified atom stereocenters. The largest absolute Gasteiger partial charge is 0.396 e. The molecule has 0 amide bonds. The van der Waals surface area contributed by atoms with E-state index in [0.29, 0.717) is 12.4 Å². The molecule has 0 radical (unpaired) electrons. The van der Waals surface area contributed by atoms with E-state index in [9.17, 15) is 5.11 Å². The summed E-state index contributed by atoms with van der Waals surface area (Å²) in [4.78, 5) is 13.6. The number of aliphatic hydroxyl groups is 2. The Hall–Kier alpha value is -3.49. The zero-order valence-electron chi connectivity index (χ0n) is 18.2. The van der Waals surface area contributed by atoms with E-state index in [4.69, 9.17) is 5.11 Å². The third kappa shape index (κ3) is 4.87. The number of pyridine rings is 2. The number of aliphatic hydroxyl groups excluding tert-OH is 2. The van der Waals surface area contributed by atoms with Crippen LogP contribution in [0, 0.1) is 0 Å². The zero-order chi connectivity index (χ0) is 22.5. The highest BCUT2D eigenvalue weighted by atomic mass is 16.3. The normalized spacial score (nSPS) is 12.3. The van der Waals surface area contributed by atoms with Crippen molar-refractivity contribution in [2.24, 2.45) is 0 Å². The van der Waals surface area contributed by atoms with Crippen LogP contribution in [-0.4, -0.2) is 42.6 Å². The molecule has 4 N–H and O–H groups in total. The van der Waals surface area contributed by atoms with E-state index in [0.717, 1.165) is 33.7 Å². The van der Waals surface area contributed by atoms with Crippen LogP contribution in [0.2, 0.25) is 0 Å². The van der Waals surface area contributed by atoms with Gasteiger partial charge in [0.2, 0.25) is 0 Å². The van der Waals surface area contributed by atoms with Gasteiger partial charge in [-0.3, -0.25) is 4.98 Å². The number of anilines is 2. The highest BCUT2D eigenvalue weighted by Crippen LogP contribution is 2.27. The molecule has 3 heterocycles. The van der Waals surface area contributed by atoms with Gasteiger partial charge in [0.15, 0.2) is 5.65 Å². The molecular formula is C24H28N6O2. The Labute approximate surface area is 187 Å². The van der Waals surface area contributed by atoms with Crippen LogP contribution in [0.1, 0.15) is 31.9 Å². The summed E-state index contributed by atoms with van der Waals surface area (Å²) in [5.41, 5.74) is 5.45. The fraction of sp³-hybridized carbons (Fsp3) is 0.292. The number of nitrogens with one attached hydrogen (secondary N) is 2. The van der Waals surface area contributed by atoms with Crippen LogP contribution in [0.3, 0.4) is 0 Å². The van der Waals surface area contributed by atoms with Gasteiger partial charge in [-0.25, -0.2) is 9.97 Å². The molecule has 166 valence electrons. The first kappa shape index (κ1) is 21.7. The summed E-state index contributed by atoms with van der Waals surface area (Å²) in [6, 6.07) is 16.2. The predicted octanol–water partition coefficient (Wildman–Crippen LogP) is 3.80. The molecule has 1 aromatic carbocycles. The van der Waals surface area contributed by atoms with Crippen molar-refractivity contribution in [3.63, 3.8) is 0 Å². The van der Waals surface area contributed by atoms with Crippen molar-refractivity contribution < 1.29 is 10.2 Å². The van der Waals surface area contributed by atoms with E-state index >= 15 is 0 Å². The van der Waals surface area contributed by atoms with Gasteiger partial charge in [-0.15, -0.1) is 0 Å². The van der Waals surface area contributed by atoms with Crippen LogP contribution >= 0.6 is 0 Å². The van der Waals surface area contributed by atoms with E-state index in [2.05, 4.69) is 63.7 Å². The summed E-state index contributed by atoms with van der Waals surface area (Å²) in [6.45, 7) is 4.63. The van der Waals surface area contributed by atoms with Crippen LogP contribution in [-0.2, 0) is 6.54 Å². The van der Waals surface area contributed by atoms with Crippen molar-refractivity contribution in [2.75, 3.05) is 17.2 Å². The van der Waals surface area contributed by atoms with Gasteiger partial charge in [0, 0.05) is 43.4 Å². The Bertz CT molecular complexity index is 1160. The number of aromatic nitrogens is 4. The summed E-state index contributed by atoms with van der Waals surface area (Å²) >= 11 is 0. The fourth-order valence-electron chi connectivity index (χ4n) is 3.48. The van der Waals surface area contributed by atoms with E-state index in [-0.39, 0.29) is 19.1 Å². The van der Waals surface area contributed by atoms with Crippen molar-refractivity contribution in [1.82, 2.24) is 19.5 Å². The molecule has 0 fully saturated rings. The van der Waals surface area contributed by atoms with Gasteiger partial charge in [-0.1, -0.05) is 30.3 Å². The van der Waals surface area contributed by atoms with Crippen molar-refractivity contribution >= 4 is 22.7 Å². The number of benzene rings is 1. The summed E-state index contributed by atoms with van der Waals surface area (Å²) in [6.07, 6.45) is 2.91. The molecule has 8 nitrogen and oxygen atoms in total. The minimum absolute atomic E-state index is 0.111. The second-order valence-corrected chi connectivity index (χ2v) is 7.91. The highest BCUT2D eigenvalue weighted by molar-refractivity contribution is 5.88. The summed E-state index contributed by atoms with van der Waals surface area (Å²) < 4.78 is 1.99. The quantitative estimate of drug-likeness (QED) is 0.298.